The minimum atomic E-state index is 0.225. The first kappa shape index (κ1) is 12.0. The first-order valence-corrected chi connectivity index (χ1v) is 7.14. The van der Waals surface area contributed by atoms with E-state index in [1.807, 2.05) is 0 Å². The molecule has 0 saturated heterocycles. The highest BCUT2D eigenvalue weighted by Gasteiger charge is 2.40. The van der Waals surface area contributed by atoms with Crippen LogP contribution in [0, 0.1) is 0 Å². The smallest absolute Gasteiger partial charge is 0.0671 e. The van der Waals surface area contributed by atoms with Gasteiger partial charge in [-0.05, 0) is 41.9 Å². The normalized spacial score (nSPS) is 26.6. The van der Waals surface area contributed by atoms with Crippen LogP contribution in [-0.2, 0) is 10.8 Å². The first-order chi connectivity index (χ1) is 8.41. The molecule has 1 aromatic carbocycles. The SMILES string of the molecule is CC(C)(C)c1ccc2c(c1)C1(C)CCCCC1=N2. The lowest BCUT2D eigenvalue weighted by molar-refractivity contribution is 0.496. The van der Waals surface area contributed by atoms with E-state index < -0.39 is 0 Å². The summed E-state index contributed by atoms with van der Waals surface area (Å²) in [5.74, 6) is 0. The zero-order chi connectivity index (χ0) is 13.0. The summed E-state index contributed by atoms with van der Waals surface area (Å²) in [6, 6.07) is 6.90. The Hall–Kier alpha value is -1.11. The molecule has 1 unspecified atom stereocenters. The molecule has 1 aliphatic carbocycles. The highest BCUT2D eigenvalue weighted by Crippen LogP contribution is 2.48. The van der Waals surface area contributed by atoms with Gasteiger partial charge in [0.1, 0.15) is 0 Å². The summed E-state index contributed by atoms with van der Waals surface area (Å²) >= 11 is 0. The van der Waals surface area contributed by atoms with Gasteiger partial charge in [0.2, 0.25) is 0 Å². The molecule has 18 heavy (non-hydrogen) atoms. The standard InChI is InChI=1S/C17H23N/c1-16(2,3)12-8-9-14-13(11-12)17(4)10-6-5-7-15(17)18-14/h8-9,11H,5-7,10H2,1-4H3. The molecule has 0 bridgehead atoms. The van der Waals surface area contributed by atoms with Gasteiger partial charge in [-0.3, -0.25) is 4.99 Å². The number of fused-ring (bicyclic) bond motifs is 3. The van der Waals surface area contributed by atoms with Crippen LogP contribution in [0.15, 0.2) is 23.2 Å². The molecule has 0 aromatic heterocycles. The lowest BCUT2D eigenvalue weighted by atomic mass is 9.70. The third-order valence-corrected chi connectivity index (χ3v) is 4.69. The van der Waals surface area contributed by atoms with E-state index in [1.165, 1.54) is 48.2 Å². The average molecular weight is 241 g/mol. The molecule has 1 heterocycles. The fourth-order valence-corrected chi connectivity index (χ4v) is 3.35. The molecule has 0 amide bonds. The van der Waals surface area contributed by atoms with Crippen LogP contribution in [-0.4, -0.2) is 5.71 Å². The van der Waals surface area contributed by atoms with E-state index in [-0.39, 0.29) is 10.8 Å². The Balaban J connectivity index is 2.11. The zero-order valence-electron chi connectivity index (χ0n) is 12.0. The fourth-order valence-electron chi connectivity index (χ4n) is 3.35. The number of benzene rings is 1. The summed E-state index contributed by atoms with van der Waals surface area (Å²) in [5, 5.41) is 0. The molecular weight excluding hydrogens is 218 g/mol. The molecule has 1 heteroatoms. The van der Waals surface area contributed by atoms with E-state index in [9.17, 15) is 0 Å². The molecule has 0 radical (unpaired) electrons. The Morgan fingerprint density at radius 3 is 2.67 bits per heavy atom. The van der Waals surface area contributed by atoms with Crippen molar-refractivity contribution in [3.63, 3.8) is 0 Å². The van der Waals surface area contributed by atoms with Gasteiger partial charge < -0.3 is 0 Å². The Bertz CT molecular complexity index is 519. The molecule has 0 N–H and O–H groups in total. The predicted molar refractivity (Wildman–Crippen MR) is 78.1 cm³/mol. The quantitative estimate of drug-likeness (QED) is 0.612. The molecular formula is C17H23N. The third kappa shape index (κ3) is 1.64. The van der Waals surface area contributed by atoms with E-state index in [0.29, 0.717) is 0 Å². The van der Waals surface area contributed by atoms with Gasteiger partial charge in [-0.25, -0.2) is 0 Å². The number of hydrogen-bond acceptors (Lipinski definition) is 1. The van der Waals surface area contributed by atoms with E-state index in [2.05, 4.69) is 45.9 Å². The second-order valence-corrected chi connectivity index (χ2v) is 7.08. The maximum Gasteiger partial charge on any atom is 0.0671 e. The summed E-state index contributed by atoms with van der Waals surface area (Å²) in [7, 11) is 0. The van der Waals surface area contributed by atoms with Gasteiger partial charge in [0.25, 0.3) is 0 Å². The Morgan fingerprint density at radius 2 is 1.94 bits per heavy atom. The van der Waals surface area contributed by atoms with Crippen LogP contribution in [0.25, 0.3) is 0 Å². The van der Waals surface area contributed by atoms with Crippen LogP contribution in [0.3, 0.4) is 0 Å². The van der Waals surface area contributed by atoms with Crippen LogP contribution in [0.1, 0.15) is 64.5 Å². The van der Waals surface area contributed by atoms with Crippen molar-refractivity contribution in [2.75, 3.05) is 0 Å². The number of nitrogens with zero attached hydrogens (tertiary/aromatic N) is 1. The number of rotatable bonds is 0. The van der Waals surface area contributed by atoms with Crippen LogP contribution in [0.5, 0.6) is 0 Å². The van der Waals surface area contributed by atoms with Gasteiger partial charge in [-0.2, -0.15) is 0 Å². The van der Waals surface area contributed by atoms with Gasteiger partial charge in [0, 0.05) is 11.1 Å². The molecule has 2 aliphatic rings. The molecule has 3 rings (SSSR count). The molecule has 1 saturated carbocycles. The number of hydrogen-bond donors (Lipinski definition) is 0. The maximum atomic E-state index is 4.89. The predicted octanol–water partition coefficient (Wildman–Crippen LogP) is 4.90. The summed E-state index contributed by atoms with van der Waals surface area (Å²) in [6.45, 7) is 9.25. The molecule has 1 fully saturated rings. The average Bonchev–Trinajstić information content (AvgIpc) is 2.60. The second kappa shape index (κ2) is 3.69. The summed E-state index contributed by atoms with van der Waals surface area (Å²) in [5.41, 5.74) is 6.02. The van der Waals surface area contributed by atoms with E-state index in [0.717, 1.165) is 0 Å². The number of aliphatic imine (C=N–C) groups is 1. The van der Waals surface area contributed by atoms with Crippen LogP contribution in [0.4, 0.5) is 5.69 Å². The minimum Gasteiger partial charge on any atom is -0.257 e. The Morgan fingerprint density at radius 1 is 1.17 bits per heavy atom. The van der Waals surface area contributed by atoms with Crippen molar-refractivity contribution in [1.29, 1.82) is 0 Å². The topological polar surface area (TPSA) is 12.4 Å². The van der Waals surface area contributed by atoms with Crippen molar-refractivity contribution >= 4 is 11.4 Å². The van der Waals surface area contributed by atoms with Crippen molar-refractivity contribution in [1.82, 2.24) is 0 Å². The highest BCUT2D eigenvalue weighted by molar-refractivity contribution is 6.02. The van der Waals surface area contributed by atoms with E-state index in [4.69, 9.17) is 4.99 Å². The molecule has 1 atom stereocenters. The lowest BCUT2D eigenvalue weighted by Crippen LogP contribution is -2.32. The van der Waals surface area contributed by atoms with Gasteiger partial charge >= 0.3 is 0 Å². The highest BCUT2D eigenvalue weighted by atomic mass is 14.8. The largest absolute Gasteiger partial charge is 0.257 e. The molecule has 0 spiro atoms. The van der Waals surface area contributed by atoms with Gasteiger partial charge in [-0.1, -0.05) is 46.2 Å². The Kier molecular flexibility index (Phi) is 2.45. The van der Waals surface area contributed by atoms with Crippen LogP contribution in [0.2, 0.25) is 0 Å². The monoisotopic (exact) mass is 241 g/mol. The molecule has 1 aromatic rings. The van der Waals surface area contributed by atoms with Crippen LogP contribution < -0.4 is 0 Å². The first-order valence-electron chi connectivity index (χ1n) is 7.14. The third-order valence-electron chi connectivity index (χ3n) is 4.69. The second-order valence-electron chi connectivity index (χ2n) is 7.08. The zero-order valence-corrected chi connectivity index (χ0v) is 12.0. The summed E-state index contributed by atoms with van der Waals surface area (Å²) in [4.78, 5) is 4.89. The molecule has 1 aliphatic heterocycles. The Labute approximate surface area is 110 Å². The van der Waals surface area contributed by atoms with Crippen molar-refractivity contribution < 1.29 is 0 Å². The molecule has 96 valence electrons. The van der Waals surface area contributed by atoms with Crippen molar-refractivity contribution in [3.05, 3.63) is 29.3 Å². The minimum absolute atomic E-state index is 0.225. The van der Waals surface area contributed by atoms with Crippen molar-refractivity contribution in [2.45, 2.75) is 64.2 Å². The molecule has 1 nitrogen and oxygen atoms in total. The lowest BCUT2D eigenvalue weighted by Gasteiger charge is -2.32. The van der Waals surface area contributed by atoms with Crippen LogP contribution >= 0.6 is 0 Å². The summed E-state index contributed by atoms with van der Waals surface area (Å²) in [6.07, 6.45) is 5.12. The fraction of sp³-hybridized carbons (Fsp3) is 0.588. The van der Waals surface area contributed by atoms with E-state index >= 15 is 0 Å². The maximum absolute atomic E-state index is 4.89. The summed E-state index contributed by atoms with van der Waals surface area (Å²) < 4.78 is 0. The van der Waals surface area contributed by atoms with E-state index in [1.54, 1.807) is 0 Å². The van der Waals surface area contributed by atoms with Crippen molar-refractivity contribution in [3.8, 4) is 0 Å². The van der Waals surface area contributed by atoms with Gasteiger partial charge in [-0.15, -0.1) is 0 Å². The van der Waals surface area contributed by atoms with Crippen molar-refractivity contribution in [2.24, 2.45) is 4.99 Å². The van der Waals surface area contributed by atoms with Gasteiger partial charge in [0.15, 0.2) is 0 Å². The van der Waals surface area contributed by atoms with Gasteiger partial charge in [0.05, 0.1) is 5.69 Å².